The molecular weight excluding hydrogens is 398 g/mol. The normalized spacial score (nSPS) is 13.3. The number of nitrogens with one attached hydrogen (secondary N) is 1. The lowest BCUT2D eigenvalue weighted by atomic mass is 10.2. The van der Waals surface area contributed by atoms with Gasteiger partial charge in [-0.05, 0) is 28.1 Å². The molecule has 1 unspecified atom stereocenters. The molecule has 1 heterocycles. The summed E-state index contributed by atoms with van der Waals surface area (Å²) in [5.41, 5.74) is 5.99. The monoisotopic (exact) mass is 409 g/mol. The summed E-state index contributed by atoms with van der Waals surface area (Å²) < 4.78 is 27.6. The SMILES string of the molecule is CC(CNS(=O)(=O)c1cc(Cl)cc(N)c1Br)c1nccs1. The fourth-order valence-electron chi connectivity index (χ4n) is 1.66. The average molecular weight is 411 g/mol. The van der Waals surface area contributed by atoms with Crippen molar-refractivity contribution in [2.24, 2.45) is 0 Å². The molecule has 114 valence electrons. The minimum atomic E-state index is -3.71. The lowest BCUT2D eigenvalue weighted by Crippen LogP contribution is -2.28. The van der Waals surface area contributed by atoms with Crippen LogP contribution in [0.15, 0.2) is 33.1 Å². The van der Waals surface area contributed by atoms with Gasteiger partial charge in [-0.3, -0.25) is 0 Å². The summed E-state index contributed by atoms with van der Waals surface area (Å²) in [6.07, 6.45) is 1.69. The fourth-order valence-corrected chi connectivity index (χ4v) is 4.78. The van der Waals surface area contributed by atoms with Gasteiger partial charge in [0.15, 0.2) is 0 Å². The van der Waals surface area contributed by atoms with E-state index in [-0.39, 0.29) is 28.1 Å². The Morgan fingerprint density at radius 2 is 2.24 bits per heavy atom. The number of nitrogens with two attached hydrogens (primary N) is 1. The molecule has 0 fully saturated rings. The van der Waals surface area contributed by atoms with Gasteiger partial charge in [-0.2, -0.15) is 0 Å². The zero-order chi connectivity index (χ0) is 15.6. The Kier molecular flexibility index (Phi) is 5.26. The maximum atomic E-state index is 12.4. The van der Waals surface area contributed by atoms with Crippen LogP contribution in [0.5, 0.6) is 0 Å². The number of halogens is 2. The largest absolute Gasteiger partial charge is 0.398 e. The molecule has 0 saturated carbocycles. The number of benzene rings is 1. The number of anilines is 1. The van der Waals surface area contributed by atoms with E-state index in [2.05, 4.69) is 25.6 Å². The van der Waals surface area contributed by atoms with Gasteiger partial charge in [0.1, 0.15) is 0 Å². The Hall–Kier alpha value is -0.670. The zero-order valence-corrected chi connectivity index (χ0v) is 15.0. The van der Waals surface area contributed by atoms with E-state index >= 15 is 0 Å². The van der Waals surface area contributed by atoms with Crippen molar-refractivity contribution in [3.05, 3.63) is 38.2 Å². The van der Waals surface area contributed by atoms with Crippen LogP contribution in [-0.2, 0) is 10.0 Å². The molecule has 5 nitrogen and oxygen atoms in total. The molecule has 2 aromatic rings. The highest BCUT2D eigenvalue weighted by Gasteiger charge is 2.21. The second-order valence-electron chi connectivity index (χ2n) is 4.43. The van der Waals surface area contributed by atoms with E-state index in [0.29, 0.717) is 4.47 Å². The third-order valence-electron chi connectivity index (χ3n) is 2.77. The van der Waals surface area contributed by atoms with E-state index in [1.807, 2.05) is 12.3 Å². The number of nitrogen functional groups attached to an aromatic ring is 1. The van der Waals surface area contributed by atoms with Crippen LogP contribution in [0.2, 0.25) is 5.02 Å². The van der Waals surface area contributed by atoms with Gasteiger partial charge in [0.2, 0.25) is 10.0 Å². The summed E-state index contributed by atoms with van der Waals surface area (Å²) >= 11 is 10.5. The van der Waals surface area contributed by atoms with E-state index in [0.717, 1.165) is 5.01 Å². The van der Waals surface area contributed by atoms with Gasteiger partial charge in [-0.1, -0.05) is 18.5 Å². The van der Waals surface area contributed by atoms with E-state index in [4.69, 9.17) is 17.3 Å². The number of hydrogen-bond donors (Lipinski definition) is 2. The molecule has 0 aliphatic rings. The topological polar surface area (TPSA) is 85.1 Å². The molecule has 0 radical (unpaired) electrons. The maximum Gasteiger partial charge on any atom is 0.241 e. The molecule has 2 rings (SSSR count). The van der Waals surface area contributed by atoms with E-state index in [9.17, 15) is 8.42 Å². The van der Waals surface area contributed by atoms with Crippen LogP contribution in [0.25, 0.3) is 0 Å². The second kappa shape index (κ2) is 6.62. The Morgan fingerprint density at radius 1 is 1.52 bits per heavy atom. The van der Waals surface area contributed by atoms with Crippen molar-refractivity contribution in [3.8, 4) is 0 Å². The predicted molar refractivity (Wildman–Crippen MR) is 89.3 cm³/mol. The summed E-state index contributed by atoms with van der Waals surface area (Å²) in [4.78, 5) is 4.20. The molecule has 0 amide bonds. The molecule has 0 saturated heterocycles. The average Bonchev–Trinajstić information content (AvgIpc) is 2.94. The third-order valence-corrected chi connectivity index (χ3v) is 6.59. The molecule has 0 spiro atoms. The third kappa shape index (κ3) is 3.95. The van der Waals surface area contributed by atoms with Crippen LogP contribution in [0, 0.1) is 0 Å². The number of sulfonamides is 1. The molecule has 21 heavy (non-hydrogen) atoms. The van der Waals surface area contributed by atoms with Gasteiger partial charge in [0.05, 0.1) is 14.4 Å². The summed E-state index contributed by atoms with van der Waals surface area (Å²) in [6, 6.07) is 2.85. The van der Waals surface area contributed by atoms with Crippen molar-refractivity contribution in [1.82, 2.24) is 9.71 Å². The highest BCUT2D eigenvalue weighted by Crippen LogP contribution is 2.31. The van der Waals surface area contributed by atoms with Crippen LogP contribution in [0.1, 0.15) is 17.8 Å². The smallest absolute Gasteiger partial charge is 0.241 e. The quantitative estimate of drug-likeness (QED) is 0.741. The van der Waals surface area contributed by atoms with Gasteiger partial charge < -0.3 is 5.73 Å². The first kappa shape index (κ1) is 16.7. The standard InChI is InChI=1S/C12H13BrClN3O2S2/c1-7(12-16-2-3-20-12)6-17-21(18,19)10-5-8(14)4-9(15)11(10)13/h2-5,7,17H,6,15H2,1H3. The number of hydrogen-bond acceptors (Lipinski definition) is 5. The first-order valence-corrected chi connectivity index (χ1v) is 9.48. The van der Waals surface area contributed by atoms with E-state index < -0.39 is 10.0 Å². The van der Waals surface area contributed by atoms with Crippen molar-refractivity contribution in [3.63, 3.8) is 0 Å². The van der Waals surface area contributed by atoms with Crippen molar-refractivity contribution in [1.29, 1.82) is 0 Å². The highest BCUT2D eigenvalue weighted by atomic mass is 79.9. The molecular formula is C12H13BrClN3O2S2. The Balaban J connectivity index is 2.19. The number of nitrogens with zero attached hydrogens (tertiary/aromatic N) is 1. The molecule has 1 aromatic heterocycles. The molecule has 3 N–H and O–H groups in total. The van der Waals surface area contributed by atoms with Gasteiger partial charge >= 0.3 is 0 Å². The van der Waals surface area contributed by atoms with Crippen molar-refractivity contribution in [2.75, 3.05) is 12.3 Å². The lowest BCUT2D eigenvalue weighted by molar-refractivity contribution is 0.574. The first-order chi connectivity index (χ1) is 9.81. The predicted octanol–water partition coefficient (Wildman–Crippen LogP) is 3.22. The Labute approximate surface area is 140 Å². The van der Waals surface area contributed by atoms with E-state index in [1.54, 1.807) is 6.20 Å². The fraction of sp³-hybridized carbons (Fsp3) is 0.250. The molecule has 0 bridgehead atoms. The van der Waals surface area contributed by atoms with Crippen LogP contribution >= 0.6 is 38.9 Å². The van der Waals surface area contributed by atoms with Crippen molar-refractivity contribution in [2.45, 2.75) is 17.7 Å². The summed E-state index contributed by atoms with van der Waals surface area (Å²) in [7, 11) is -3.71. The molecule has 0 aliphatic heterocycles. The van der Waals surface area contributed by atoms with Crippen LogP contribution < -0.4 is 10.5 Å². The lowest BCUT2D eigenvalue weighted by Gasteiger charge is -2.13. The van der Waals surface area contributed by atoms with E-state index in [1.165, 1.54) is 23.5 Å². The summed E-state index contributed by atoms with van der Waals surface area (Å²) in [5, 5.41) is 3.00. The van der Waals surface area contributed by atoms with Crippen LogP contribution in [0.3, 0.4) is 0 Å². The highest BCUT2D eigenvalue weighted by molar-refractivity contribution is 9.10. The van der Waals surface area contributed by atoms with Gasteiger partial charge in [0.25, 0.3) is 0 Å². The number of rotatable bonds is 5. The summed E-state index contributed by atoms with van der Waals surface area (Å²) in [6.45, 7) is 2.15. The minimum absolute atomic E-state index is 0.0184. The molecule has 1 atom stereocenters. The summed E-state index contributed by atoms with van der Waals surface area (Å²) in [5.74, 6) is -0.0184. The van der Waals surface area contributed by atoms with Gasteiger partial charge in [-0.15, -0.1) is 11.3 Å². The van der Waals surface area contributed by atoms with Crippen molar-refractivity contribution < 1.29 is 8.42 Å². The number of thiazole rings is 1. The Morgan fingerprint density at radius 3 is 2.86 bits per heavy atom. The zero-order valence-electron chi connectivity index (χ0n) is 11.0. The van der Waals surface area contributed by atoms with Gasteiger partial charge in [-0.25, -0.2) is 18.1 Å². The molecule has 0 aliphatic carbocycles. The van der Waals surface area contributed by atoms with Crippen LogP contribution in [-0.4, -0.2) is 19.9 Å². The second-order valence-corrected chi connectivity index (χ2v) is 8.32. The minimum Gasteiger partial charge on any atom is -0.398 e. The first-order valence-electron chi connectivity index (χ1n) is 5.95. The van der Waals surface area contributed by atoms with Gasteiger partial charge in [0, 0.05) is 34.7 Å². The van der Waals surface area contributed by atoms with Crippen LogP contribution in [0.4, 0.5) is 5.69 Å². The number of aromatic nitrogens is 1. The van der Waals surface area contributed by atoms with Crippen molar-refractivity contribution >= 4 is 54.6 Å². The molecule has 9 heteroatoms. The maximum absolute atomic E-state index is 12.4. The Bertz CT molecular complexity index is 735. The molecule has 1 aromatic carbocycles.